The highest BCUT2D eigenvalue weighted by atomic mass is 16.2. The van der Waals surface area contributed by atoms with Crippen LogP contribution in [0.25, 0.3) is 0 Å². The minimum absolute atomic E-state index is 0.735. The molecule has 0 radical (unpaired) electrons. The molecule has 0 bridgehead atoms. The quantitative estimate of drug-likeness (QED) is 0.633. The number of carbonyl (C=O) groups excluding carboxylic acids is 2. The molecule has 1 aliphatic carbocycles. The van der Waals surface area contributed by atoms with Crippen LogP contribution >= 0.6 is 0 Å². The largest absolute Gasteiger partial charge is 0.352 e. The van der Waals surface area contributed by atoms with Gasteiger partial charge in [-0.25, -0.2) is 9.59 Å². The molecule has 0 spiro atoms. The second kappa shape index (κ2) is 11.4. The topological polar surface area (TPSA) is 138 Å². The van der Waals surface area contributed by atoms with Crippen LogP contribution in [-0.2, 0) is 0 Å². The predicted molar refractivity (Wildman–Crippen MR) is 82.8 cm³/mol. The van der Waals surface area contributed by atoms with Gasteiger partial charge >= 0.3 is 12.1 Å². The molecular weight excluding hydrogens is 256 g/mol. The average molecular weight is 288 g/mol. The maximum Gasteiger partial charge on any atom is 0.309 e. The monoisotopic (exact) mass is 288 g/mol. The van der Waals surface area contributed by atoms with Crippen LogP contribution in [0.5, 0.6) is 0 Å². The summed E-state index contributed by atoms with van der Waals surface area (Å²) in [7, 11) is 0. The van der Waals surface area contributed by atoms with Crippen molar-refractivity contribution in [1.29, 1.82) is 0 Å². The highest BCUT2D eigenvalue weighted by Gasteiger charge is 2.32. The number of hydrogen-bond donors (Lipinski definition) is 4. The van der Waals surface area contributed by atoms with Gasteiger partial charge in [0, 0.05) is 0 Å². The maximum absolute atomic E-state index is 9.00. The summed E-state index contributed by atoms with van der Waals surface area (Å²) >= 11 is 0. The van der Waals surface area contributed by atoms with Crippen LogP contribution in [0.15, 0.2) is 0 Å². The molecule has 1 aliphatic rings. The van der Waals surface area contributed by atoms with Gasteiger partial charge in [-0.05, 0) is 24.2 Å². The third kappa shape index (κ3) is 11.6. The zero-order valence-electron chi connectivity index (χ0n) is 13.2. The average Bonchev–Trinajstić information content (AvgIpc) is 2.37. The zero-order valence-corrected chi connectivity index (χ0v) is 13.2. The lowest BCUT2D eigenvalue weighted by atomic mass is 9.66. The summed E-state index contributed by atoms with van der Waals surface area (Å²) in [6, 6.07) is -1.67. The smallest absolute Gasteiger partial charge is 0.309 e. The molecule has 6 nitrogen and oxygen atoms in total. The highest BCUT2D eigenvalue weighted by molar-refractivity contribution is 5.69. The third-order valence-electron chi connectivity index (χ3n) is 4.12. The van der Waals surface area contributed by atoms with Gasteiger partial charge in [0.15, 0.2) is 0 Å². The van der Waals surface area contributed by atoms with Crippen molar-refractivity contribution < 1.29 is 9.59 Å². The Morgan fingerprint density at radius 3 is 1.70 bits per heavy atom. The van der Waals surface area contributed by atoms with E-state index in [0.29, 0.717) is 0 Å². The first kappa shape index (κ1) is 20.8. The Hall–Kier alpha value is -1.46. The van der Waals surface area contributed by atoms with Gasteiger partial charge in [0.1, 0.15) is 0 Å². The van der Waals surface area contributed by atoms with Crippen molar-refractivity contribution >= 4 is 12.1 Å². The number of nitrogens with two attached hydrogens (primary N) is 4. The SMILES string of the molecule is CCC1CCCC(CC)(CC)C1.NC(N)=O.NC(N)=O. The van der Waals surface area contributed by atoms with Crippen LogP contribution in [0.2, 0.25) is 0 Å². The van der Waals surface area contributed by atoms with Crippen LogP contribution in [0, 0.1) is 11.3 Å². The Morgan fingerprint density at radius 2 is 1.40 bits per heavy atom. The molecule has 120 valence electrons. The fourth-order valence-corrected chi connectivity index (χ4v) is 2.82. The number of carbonyl (C=O) groups is 2. The second-order valence-electron chi connectivity index (χ2n) is 5.38. The molecule has 1 atom stereocenters. The first-order valence-electron chi connectivity index (χ1n) is 7.32. The highest BCUT2D eigenvalue weighted by Crippen LogP contribution is 2.45. The molecule has 0 aromatic heterocycles. The molecule has 0 saturated heterocycles. The van der Waals surface area contributed by atoms with Gasteiger partial charge < -0.3 is 22.9 Å². The van der Waals surface area contributed by atoms with E-state index in [0.717, 1.165) is 11.3 Å². The van der Waals surface area contributed by atoms with Gasteiger partial charge in [0.05, 0.1) is 0 Å². The minimum atomic E-state index is -0.833. The van der Waals surface area contributed by atoms with Crippen LogP contribution in [-0.4, -0.2) is 12.1 Å². The van der Waals surface area contributed by atoms with Crippen molar-refractivity contribution in [3.8, 4) is 0 Å². The summed E-state index contributed by atoms with van der Waals surface area (Å²) < 4.78 is 0. The van der Waals surface area contributed by atoms with Crippen molar-refractivity contribution in [2.45, 2.75) is 65.7 Å². The molecule has 0 heterocycles. The maximum atomic E-state index is 9.00. The molecule has 8 N–H and O–H groups in total. The molecule has 20 heavy (non-hydrogen) atoms. The first-order chi connectivity index (χ1) is 9.22. The van der Waals surface area contributed by atoms with Crippen molar-refractivity contribution in [3.05, 3.63) is 0 Å². The van der Waals surface area contributed by atoms with Crippen LogP contribution < -0.4 is 22.9 Å². The molecule has 1 unspecified atom stereocenters. The van der Waals surface area contributed by atoms with E-state index >= 15 is 0 Å². The molecule has 4 amide bonds. The van der Waals surface area contributed by atoms with E-state index in [9.17, 15) is 0 Å². The molecule has 1 rings (SSSR count). The van der Waals surface area contributed by atoms with Crippen LogP contribution in [0.3, 0.4) is 0 Å². The standard InChI is InChI=1S/C12H24.2CH4N2O/c1-4-11-8-7-9-12(5-2,6-3)10-11;2*2-1(3)4/h11H,4-10H2,1-3H3;2*(H4,2,3,4). The summed E-state index contributed by atoms with van der Waals surface area (Å²) in [5.74, 6) is 1.04. The molecule has 0 aromatic rings. The second-order valence-corrected chi connectivity index (χ2v) is 5.38. The van der Waals surface area contributed by atoms with E-state index in [1.165, 1.54) is 44.9 Å². The Morgan fingerprint density at radius 1 is 1.00 bits per heavy atom. The summed E-state index contributed by atoms with van der Waals surface area (Å²) in [4.78, 5) is 18.0. The lowest BCUT2D eigenvalue weighted by Crippen LogP contribution is -2.27. The van der Waals surface area contributed by atoms with Crippen LogP contribution in [0.1, 0.15) is 65.7 Å². The fraction of sp³-hybridized carbons (Fsp3) is 0.857. The summed E-state index contributed by atoms with van der Waals surface area (Å²) in [6.45, 7) is 7.11. The number of hydrogen-bond acceptors (Lipinski definition) is 2. The molecule has 0 aromatic carbocycles. The molecule has 1 saturated carbocycles. The number of primary amides is 4. The van der Waals surface area contributed by atoms with Crippen molar-refractivity contribution in [2.24, 2.45) is 34.3 Å². The fourth-order valence-electron chi connectivity index (χ4n) is 2.82. The molecule has 6 heteroatoms. The Labute approximate surface area is 122 Å². The molecule has 0 aliphatic heterocycles. The van der Waals surface area contributed by atoms with Crippen LogP contribution in [0.4, 0.5) is 9.59 Å². The van der Waals surface area contributed by atoms with Gasteiger partial charge in [0.25, 0.3) is 0 Å². The van der Waals surface area contributed by atoms with E-state index in [2.05, 4.69) is 43.7 Å². The summed E-state index contributed by atoms with van der Waals surface area (Å²) in [6.07, 6.45) is 10.2. The lowest BCUT2D eigenvalue weighted by molar-refractivity contribution is 0.123. The van der Waals surface area contributed by atoms with Gasteiger partial charge in [-0.3, -0.25) is 0 Å². The Kier molecular flexibility index (Phi) is 11.9. The van der Waals surface area contributed by atoms with Crippen molar-refractivity contribution in [3.63, 3.8) is 0 Å². The van der Waals surface area contributed by atoms with E-state index in [1.807, 2.05) is 0 Å². The number of amides is 4. The summed E-state index contributed by atoms with van der Waals surface area (Å²) in [5, 5.41) is 0. The van der Waals surface area contributed by atoms with Crippen molar-refractivity contribution in [1.82, 2.24) is 0 Å². The Balaban J connectivity index is 0. The number of rotatable bonds is 3. The first-order valence-corrected chi connectivity index (χ1v) is 7.32. The Bertz CT molecular complexity index is 258. The minimum Gasteiger partial charge on any atom is -0.352 e. The van der Waals surface area contributed by atoms with E-state index in [1.54, 1.807) is 0 Å². The van der Waals surface area contributed by atoms with Gasteiger partial charge in [-0.15, -0.1) is 0 Å². The van der Waals surface area contributed by atoms with E-state index < -0.39 is 12.1 Å². The number of urea groups is 2. The third-order valence-corrected chi connectivity index (χ3v) is 4.12. The van der Waals surface area contributed by atoms with Crippen molar-refractivity contribution in [2.75, 3.05) is 0 Å². The van der Waals surface area contributed by atoms with E-state index in [4.69, 9.17) is 9.59 Å². The molecule has 1 fully saturated rings. The summed E-state index contributed by atoms with van der Waals surface area (Å²) in [5.41, 5.74) is 17.7. The lowest BCUT2D eigenvalue weighted by Gasteiger charge is -2.39. The van der Waals surface area contributed by atoms with Gasteiger partial charge in [-0.2, -0.15) is 0 Å². The predicted octanol–water partition coefficient (Wildman–Crippen LogP) is 2.44. The van der Waals surface area contributed by atoms with E-state index in [-0.39, 0.29) is 0 Å². The van der Waals surface area contributed by atoms with Gasteiger partial charge in [-0.1, -0.05) is 52.9 Å². The normalized spacial score (nSPS) is 19.6. The molecular formula is C14H32N4O2. The zero-order chi connectivity index (χ0) is 16.2. The van der Waals surface area contributed by atoms with Gasteiger partial charge in [0.2, 0.25) is 0 Å².